The van der Waals surface area contributed by atoms with Crippen LogP contribution in [0.2, 0.25) is 0 Å². The van der Waals surface area contributed by atoms with Crippen molar-refractivity contribution in [1.82, 2.24) is 9.97 Å². The summed E-state index contributed by atoms with van der Waals surface area (Å²) in [5.41, 5.74) is 2.62. The molecule has 0 saturated heterocycles. The van der Waals surface area contributed by atoms with Gasteiger partial charge in [-0.15, -0.1) is 0 Å². The number of likely N-dealkylation sites (N-methyl/N-ethyl adjacent to an activating group) is 1. The van der Waals surface area contributed by atoms with Gasteiger partial charge in [-0.3, -0.25) is 9.59 Å². The van der Waals surface area contributed by atoms with Gasteiger partial charge in [0.25, 0.3) is 11.5 Å². The van der Waals surface area contributed by atoms with E-state index in [2.05, 4.69) is 9.97 Å². The molecule has 2 aromatic carbocycles. The van der Waals surface area contributed by atoms with Crippen LogP contribution in [0.5, 0.6) is 0 Å². The molecule has 2 heterocycles. The fourth-order valence-corrected chi connectivity index (χ4v) is 2.85. The maximum Gasteiger partial charge on any atom is 0.259 e. The highest BCUT2D eigenvalue weighted by atomic mass is 16.2. The molecule has 1 aliphatic heterocycles. The number of carbonyl (C=O) groups excluding carboxylic acids is 1. The van der Waals surface area contributed by atoms with Crippen molar-refractivity contribution in [1.29, 1.82) is 0 Å². The molecular weight excluding hydrogens is 290 g/mol. The molecule has 1 N–H and O–H groups in total. The summed E-state index contributed by atoms with van der Waals surface area (Å²) < 4.78 is 0. The highest BCUT2D eigenvalue weighted by Gasteiger charge is 2.29. The van der Waals surface area contributed by atoms with Crippen molar-refractivity contribution < 1.29 is 4.79 Å². The Bertz CT molecular complexity index is 1030. The van der Waals surface area contributed by atoms with E-state index in [1.807, 2.05) is 30.3 Å². The van der Waals surface area contributed by atoms with E-state index in [-0.39, 0.29) is 11.5 Å². The van der Waals surface area contributed by atoms with Crippen LogP contribution in [0.15, 0.2) is 53.3 Å². The van der Waals surface area contributed by atoms with Crippen molar-refractivity contribution in [3.63, 3.8) is 0 Å². The molecule has 1 aromatic heterocycles. The second-order valence-electron chi connectivity index (χ2n) is 5.41. The molecule has 3 aromatic rings. The highest BCUT2D eigenvalue weighted by molar-refractivity contribution is 6.35. The molecule has 0 atom stereocenters. The number of amides is 1. The lowest BCUT2D eigenvalue weighted by Gasteiger charge is -2.07. The number of para-hydroxylation sites is 2. The molecule has 1 amide bonds. The molecule has 5 heteroatoms. The van der Waals surface area contributed by atoms with E-state index in [4.69, 9.17) is 0 Å². The maximum atomic E-state index is 12.5. The topological polar surface area (TPSA) is 66.1 Å². The number of benzene rings is 2. The summed E-state index contributed by atoms with van der Waals surface area (Å²) in [7, 11) is 1.73. The lowest BCUT2D eigenvalue weighted by Crippen LogP contribution is -2.20. The van der Waals surface area contributed by atoms with E-state index in [1.165, 1.54) is 0 Å². The highest BCUT2D eigenvalue weighted by Crippen LogP contribution is 2.36. The van der Waals surface area contributed by atoms with Gasteiger partial charge in [0, 0.05) is 12.6 Å². The van der Waals surface area contributed by atoms with Crippen LogP contribution in [-0.2, 0) is 4.79 Å². The molecule has 0 radical (unpaired) electrons. The Hall–Kier alpha value is -3.21. The van der Waals surface area contributed by atoms with Crippen LogP contribution in [0, 0.1) is 0 Å². The van der Waals surface area contributed by atoms with Gasteiger partial charge >= 0.3 is 0 Å². The van der Waals surface area contributed by atoms with Crippen LogP contribution in [0.25, 0.3) is 22.6 Å². The van der Waals surface area contributed by atoms with Crippen molar-refractivity contribution in [2.75, 3.05) is 11.9 Å². The Labute approximate surface area is 131 Å². The zero-order chi connectivity index (χ0) is 16.0. The molecule has 0 unspecified atom stereocenters. The lowest BCUT2D eigenvalue weighted by molar-refractivity contribution is -0.112. The summed E-state index contributed by atoms with van der Waals surface area (Å²) in [4.78, 5) is 33.4. The zero-order valence-electron chi connectivity index (χ0n) is 12.4. The van der Waals surface area contributed by atoms with Crippen LogP contribution in [0.4, 0.5) is 5.69 Å². The minimum Gasteiger partial charge on any atom is -0.311 e. The second kappa shape index (κ2) is 4.91. The molecule has 0 saturated carbocycles. The van der Waals surface area contributed by atoms with Gasteiger partial charge in [0.2, 0.25) is 0 Å². The molecule has 0 fully saturated rings. The van der Waals surface area contributed by atoms with Gasteiger partial charge in [-0.2, -0.15) is 0 Å². The number of nitrogens with zero attached hydrogens (tertiary/aromatic N) is 2. The summed E-state index contributed by atoms with van der Waals surface area (Å²) in [6, 6.07) is 14.7. The number of rotatable bonds is 1. The van der Waals surface area contributed by atoms with E-state index < -0.39 is 0 Å². The van der Waals surface area contributed by atoms with Gasteiger partial charge in [0.15, 0.2) is 0 Å². The van der Waals surface area contributed by atoms with E-state index in [1.54, 1.807) is 36.2 Å². The normalized spacial score (nSPS) is 15.4. The van der Waals surface area contributed by atoms with Crippen molar-refractivity contribution >= 4 is 34.1 Å². The number of anilines is 1. The quantitative estimate of drug-likeness (QED) is 0.702. The first-order valence-corrected chi connectivity index (χ1v) is 7.23. The minimum atomic E-state index is -0.213. The van der Waals surface area contributed by atoms with Gasteiger partial charge < -0.3 is 9.88 Å². The summed E-state index contributed by atoms with van der Waals surface area (Å²) in [5.74, 6) is 0.268. The molecule has 112 valence electrons. The fraction of sp³-hybridized carbons (Fsp3) is 0.0556. The Morgan fingerprint density at radius 2 is 1.78 bits per heavy atom. The average Bonchev–Trinajstić information content (AvgIpc) is 2.80. The third kappa shape index (κ3) is 2.05. The third-order valence-electron chi connectivity index (χ3n) is 4.00. The molecule has 5 nitrogen and oxygen atoms in total. The number of aromatic nitrogens is 2. The first kappa shape index (κ1) is 13.5. The minimum absolute atomic E-state index is 0.109. The van der Waals surface area contributed by atoms with Crippen LogP contribution < -0.4 is 10.5 Å². The van der Waals surface area contributed by atoms with Gasteiger partial charge in [-0.1, -0.05) is 30.3 Å². The van der Waals surface area contributed by atoms with Gasteiger partial charge in [-0.25, -0.2) is 4.98 Å². The monoisotopic (exact) mass is 303 g/mol. The van der Waals surface area contributed by atoms with Gasteiger partial charge in [0.1, 0.15) is 5.82 Å². The molecule has 0 spiro atoms. The van der Waals surface area contributed by atoms with Gasteiger partial charge in [0.05, 0.1) is 22.2 Å². The smallest absolute Gasteiger partial charge is 0.259 e. The summed E-state index contributed by atoms with van der Waals surface area (Å²) in [5, 5.41) is 0.532. The Morgan fingerprint density at radius 3 is 2.65 bits per heavy atom. The van der Waals surface area contributed by atoms with Gasteiger partial charge in [-0.05, 0) is 24.3 Å². The molecule has 0 aliphatic carbocycles. The largest absolute Gasteiger partial charge is 0.311 e. The van der Waals surface area contributed by atoms with E-state index in [9.17, 15) is 9.59 Å². The first-order valence-electron chi connectivity index (χ1n) is 7.23. The Balaban J connectivity index is 1.91. The standard InChI is InChI=1S/C18H13N3O2/c1-21-15-9-5-3-6-11(15)13(18(21)23)10-16-19-14-8-4-2-7-12(14)17(22)20-16/h2-10H,1H3,(H,19,20,22)/b13-10-. The number of nitrogens with one attached hydrogen (secondary N) is 1. The third-order valence-corrected chi connectivity index (χ3v) is 4.00. The maximum absolute atomic E-state index is 12.5. The summed E-state index contributed by atoms with van der Waals surface area (Å²) >= 11 is 0. The molecule has 1 aliphatic rings. The van der Waals surface area contributed by atoms with Crippen LogP contribution in [-0.4, -0.2) is 22.9 Å². The number of carbonyl (C=O) groups is 1. The lowest BCUT2D eigenvalue weighted by atomic mass is 10.1. The SMILES string of the molecule is CN1C(=O)/C(=C\c2nc3ccccc3c(=O)[nH]2)c2ccccc21. The van der Waals surface area contributed by atoms with E-state index in [0.717, 1.165) is 11.3 Å². The number of fused-ring (bicyclic) bond motifs is 2. The Kier molecular flexibility index (Phi) is 2.87. The molecule has 4 rings (SSSR count). The predicted octanol–water partition coefficient (Wildman–Crippen LogP) is 2.44. The summed E-state index contributed by atoms with van der Waals surface area (Å²) in [6.07, 6.45) is 1.64. The van der Waals surface area contributed by atoms with Crippen molar-refractivity contribution in [3.8, 4) is 0 Å². The van der Waals surface area contributed by atoms with Crippen LogP contribution >= 0.6 is 0 Å². The fourth-order valence-electron chi connectivity index (χ4n) is 2.85. The van der Waals surface area contributed by atoms with E-state index in [0.29, 0.717) is 22.3 Å². The second-order valence-corrected chi connectivity index (χ2v) is 5.41. The molecular formula is C18H13N3O2. The van der Waals surface area contributed by atoms with E-state index >= 15 is 0 Å². The van der Waals surface area contributed by atoms with Crippen LogP contribution in [0.1, 0.15) is 11.4 Å². The average molecular weight is 303 g/mol. The van der Waals surface area contributed by atoms with Crippen molar-refractivity contribution in [2.24, 2.45) is 0 Å². The summed E-state index contributed by atoms with van der Waals surface area (Å²) in [6.45, 7) is 0. The molecule has 0 bridgehead atoms. The number of H-pyrrole nitrogens is 1. The molecule has 23 heavy (non-hydrogen) atoms. The zero-order valence-corrected chi connectivity index (χ0v) is 12.4. The first-order chi connectivity index (χ1) is 11.1. The number of hydrogen-bond acceptors (Lipinski definition) is 3. The predicted molar refractivity (Wildman–Crippen MR) is 90.1 cm³/mol. The number of aromatic amines is 1. The van der Waals surface area contributed by atoms with Crippen LogP contribution in [0.3, 0.4) is 0 Å². The Morgan fingerprint density at radius 1 is 1.04 bits per heavy atom. The number of hydrogen-bond donors (Lipinski definition) is 1. The van der Waals surface area contributed by atoms with Crippen molar-refractivity contribution in [2.45, 2.75) is 0 Å². The van der Waals surface area contributed by atoms with Crippen molar-refractivity contribution in [3.05, 3.63) is 70.3 Å².